The van der Waals surface area contributed by atoms with Crippen molar-refractivity contribution in [3.05, 3.63) is 85.0 Å². The first-order chi connectivity index (χ1) is 13.8. The zero-order chi connectivity index (χ0) is 20.7. The van der Waals surface area contributed by atoms with Crippen molar-refractivity contribution in [2.45, 2.75) is 31.1 Å². The summed E-state index contributed by atoms with van der Waals surface area (Å²) in [4.78, 5) is 36.2. The van der Waals surface area contributed by atoms with E-state index in [0.29, 0.717) is 33.3 Å². The summed E-state index contributed by atoms with van der Waals surface area (Å²) < 4.78 is 0. The van der Waals surface area contributed by atoms with E-state index in [9.17, 15) is 19.7 Å². The minimum absolute atomic E-state index is 0.0161. The van der Waals surface area contributed by atoms with Crippen molar-refractivity contribution in [2.75, 3.05) is 0 Å². The maximum absolute atomic E-state index is 13.1. The summed E-state index contributed by atoms with van der Waals surface area (Å²) in [5.41, 5.74) is 2.19. The number of nitrogens with one attached hydrogen (secondary N) is 1. The Kier molecular flexibility index (Phi) is 5.15. The summed E-state index contributed by atoms with van der Waals surface area (Å²) in [6.07, 6.45) is 0.725. The summed E-state index contributed by atoms with van der Waals surface area (Å²) in [6, 6.07) is 11.4. The first-order valence-corrected chi connectivity index (χ1v) is 9.85. The Bertz CT molecular complexity index is 1080. The third-order valence-electron chi connectivity index (χ3n) is 5.45. The molecule has 0 saturated carbocycles. The molecule has 148 valence electrons. The molecule has 8 heteroatoms. The molecule has 2 aliphatic rings. The van der Waals surface area contributed by atoms with Crippen LogP contribution in [0.2, 0.25) is 10.0 Å². The van der Waals surface area contributed by atoms with Gasteiger partial charge in [-0.15, -0.1) is 0 Å². The van der Waals surface area contributed by atoms with Crippen molar-refractivity contribution < 1.29 is 14.5 Å². The third kappa shape index (κ3) is 3.66. The van der Waals surface area contributed by atoms with Crippen LogP contribution in [0.3, 0.4) is 0 Å². The van der Waals surface area contributed by atoms with Gasteiger partial charge in [-0.1, -0.05) is 41.4 Å². The van der Waals surface area contributed by atoms with Gasteiger partial charge in [0, 0.05) is 52.2 Å². The number of carbonyl (C=O) groups is 2. The smallest absolute Gasteiger partial charge is 0.269 e. The van der Waals surface area contributed by atoms with Gasteiger partial charge in [0.15, 0.2) is 5.78 Å². The highest BCUT2D eigenvalue weighted by Crippen LogP contribution is 2.45. The standard InChI is InChI=1S/C21H16Cl2N2O4/c22-16-4-2-1-3-13(16)11-7-18-21(19(26)8-11)15(10-20(27)24-18)14-9-12(25(28)29)5-6-17(14)23/h1-6,9,11,15H,7-8,10H2,(H,24,27)/t11-,15-/m0/s1. The van der Waals surface area contributed by atoms with Gasteiger partial charge in [-0.05, 0) is 35.6 Å². The van der Waals surface area contributed by atoms with Crippen molar-refractivity contribution in [2.24, 2.45) is 0 Å². The van der Waals surface area contributed by atoms with Crippen LogP contribution in [-0.2, 0) is 9.59 Å². The second-order valence-electron chi connectivity index (χ2n) is 7.21. The van der Waals surface area contributed by atoms with E-state index in [0.717, 1.165) is 5.56 Å². The zero-order valence-corrected chi connectivity index (χ0v) is 16.7. The highest BCUT2D eigenvalue weighted by Gasteiger charge is 2.39. The average Bonchev–Trinajstić information content (AvgIpc) is 2.67. The van der Waals surface area contributed by atoms with Gasteiger partial charge in [-0.3, -0.25) is 19.7 Å². The molecule has 6 nitrogen and oxygen atoms in total. The van der Waals surface area contributed by atoms with Crippen molar-refractivity contribution >= 4 is 40.6 Å². The number of non-ortho nitro benzene ring substituents is 1. The van der Waals surface area contributed by atoms with Crippen LogP contribution >= 0.6 is 23.2 Å². The topological polar surface area (TPSA) is 89.3 Å². The van der Waals surface area contributed by atoms with Gasteiger partial charge in [0.2, 0.25) is 5.91 Å². The lowest BCUT2D eigenvalue weighted by atomic mass is 9.73. The SMILES string of the molecule is O=C1C[C@@H](c2cc([N+](=O)[O-])ccc2Cl)C2=C(C[C@H](c3ccccc3Cl)CC2=O)N1. The molecule has 2 atom stereocenters. The number of hydrogen-bond donors (Lipinski definition) is 1. The van der Waals surface area contributed by atoms with Crippen LogP contribution in [0.5, 0.6) is 0 Å². The molecular weight excluding hydrogens is 415 g/mol. The van der Waals surface area contributed by atoms with Gasteiger partial charge >= 0.3 is 0 Å². The number of ketones is 1. The molecule has 1 aliphatic heterocycles. The second kappa shape index (κ2) is 7.61. The van der Waals surface area contributed by atoms with E-state index in [1.165, 1.54) is 18.2 Å². The molecule has 0 spiro atoms. The molecule has 29 heavy (non-hydrogen) atoms. The number of allylic oxidation sites excluding steroid dienone is 2. The van der Waals surface area contributed by atoms with Crippen LogP contribution in [0.15, 0.2) is 53.7 Å². The normalized spacial score (nSPS) is 21.6. The fourth-order valence-corrected chi connectivity index (χ4v) is 4.70. The molecule has 1 N–H and O–H groups in total. The summed E-state index contributed by atoms with van der Waals surface area (Å²) in [7, 11) is 0. The molecule has 4 rings (SSSR count). The lowest BCUT2D eigenvalue weighted by Crippen LogP contribution is -2.38. The molecule has 0 fully saturated rings. The fraction of sp³-hybridized carbons (Fsp3) is 0.238. The minimum Gasteiger partial charge on any atom is -0.329 e. The number of nitro groups is 1. The van der Waals surface area contributed by atoms with Crippen molar-refractivity contribution in [3.63, 3.8) is 0 Å². The van der Waals surface area contributed by atoms with E-state index in [1.54, 1.807) is 6.07 Å². The highest BCUT2D eigenvalue weighted by atomic mass is 35.5. The lowest BCUT2D eigenvalue weighted by molar-refractivity contribution is -0.384. The second-order valence-corrected chi connectivity index (χ2v) is 8.02. The average molecular weight is 431 g/mol. The Morgan fingerprint density at radius 1 is 0.966 bits per heavy atom. The number of nitro benzene ring substituents is 1. The third-order valence-corrected chi connectivity index (χ3v) is 6.14. The van der Waals surface area contributed by atoms with Gasteiger partial charge in [0.25, 0.3) is 5.69 Å². The van der Waals surface area contributed by atoms with E-state index >= 15 is 0 Å². The number of carbonyl (C=O) groups excluding carboxylic acids is 2. The summed E-state index contributed by atoms with van der Waals surface area (Å²) in [5, 5.41) is 14.9. The molecule has 1 amide bonds. The quantitative estimate of drug-likeness (QED) is 0.553. The largest absolute Gasteiger partial charge is 0.329 e. The van der Waals surface area contributed by atoms with E-state index < -0.39 is 10.8 Å². The summed E-state index contributed by atoms with van der Waals surface area (Å²) >= 11 is 12.6. The van der Waals surface area contributed by atoms with Gasteiger partial charge in [0.05, 0.1) is 4.92 Å². The molecule has 1 heterocycles. The number of nitrogens with zero attached hydrogens (tertiary/aromatic N) is 1. The molecule has 0 bridgehead atoms. The summed E-state index contributed by atoms with van der Waals surface area (Å²) in [6.45, 7) is 0. The molecule has 0 unspecified atom stereocenters. The fourth-order valence-electron chi connectivity index (χ4n) is 4.16. The number of hydrogen-bond acceptors (Lipinski definition) is 4. The lowest BCUT2D eigenvalue weighted by Gasteiger charge is -2.34. The number of rotatable bonds is 3. The Morgan fingerprint density at radius 3 is 2.41 bits per heavy atom. The predicted octanol–water partition coefficient (Wildman–Crippen LogP) is 4.91. The van der Waals surface area contributed by atoms with Crippen molar-refractivity contribution in [1.29, 1.82) is 0 Å². The van der Waals surface area contributed by atoms with Crippen LogP contribution in [0.4, 0.5) is 5.69 Å². The van der Waals surface area contributed by atoms with Crippen LogP contribution in [0, 0.1) is 10.1 Å². The predicted molar refractivity (Wildman–Crippen MR) is 109 cm³/mol. The van der Waals surface area contributed by atoms with E-state index in [1.807, 2.05) is 18.2 Å². The highest BCUT2D eigenvalue weighted by molar-refractivity contribution is 6.32. The number of halogens is 2. The van der Waals surface area contributed by atoms with Gasteiger partial charge in [-0.2, -0.15) is 0 Å². The molecule has 0 saturated heterocycles. The maximum Gasteiger partial charge on any atom is 0.269 e. The van der Waals surface area contributed by atoms with Crippen molar-refractivity contribution in [1.82, 2.24) is 5.32 Å². The van der Waals surface area contributed by atoms with Crippen LogP contribution in [0.1, 0.15) is 42.2 Å². The zero-order valence-electron chi connectivity index (χ0n) is 15.2. The van der Waals surface area contributed by atoms with E-state index in [4.69, 9.17) is 23.2 Å². The Morgan fingerprint density at radius 2 is 1.69 bits per heavy atom. The van der Waals surface area contributed by atoms with Crippen LogP contribution in [0.25, 0.3) is 0 Å². The maximum atomic E-state index is 13.1. The van der Waals surface area contributed by atoms with Crippen molar-refractivity contribution in [3.8, 4) is 0 Å². The monoisotopic (exact) mass is 430 g/mol. The first kappa shape index (κ1) is 19.6. The molecular formula is C21H16Cl2N2O4. The number of benzene rings is 2. The number of amides is 1. The molecule has 1 aliphatic carbocycles. The van der Waals surface area contributed by atoms with Gasteiger partial charge in [-0.25, -0.2) is 0 Å². The molecule has 0 aromatic heterocycles. The Hall–Kier alpha value is -2.70. The van der Waals surface area contributed by atoms with Gasteiger partial charge < -0.3 is 5.32 Å². The Balaban J connectivity index is 1.77. The molecule has 2 aromatic rings. The van der Waals surface area contributed by atoms with E-state index in [2.05, 4.69) is 5.32 Å². The van der Waals surface area contributed by atoms with Gasteiger partial charge in [0.1, 0.15) is 0 Å². The van der Waals surface area contributed by atoms with E-state index in [-0.39, 0.29) is 36.1 Å². The molecule has 0 radical (unpaired) electrons. The summed E-state index contributed by atoms with van der Waals surface area (Å²) in [5.74, 6) is -1.10. The van der Waals surface area contributed by atoms with Crippen LogP contribution in [-0.4, -0.2) is 16.6 Å². The first-order valence-electron chi connectivity index (χ1n) is 9.09. The molecule has 2 aromatic carbocycles. The van der Waals surface area contributed by atoms with Crippen LogP contribution < -0.4 is 5.32 Å². The Labute approximate surface area is 176 Å². The number of Topliss-reactive ketones (excluding diaryl/α,β-unsaturated/α-hetero) is 1. The minimum atomic E-state index is -0.606.